The number of H-pyrrole nitrogens is 4. The molecule has 0 fully saturated rings. The predicted octanol–water partition coefficient (Wildman–Crippen LogP) is 14.4. The second-order valence-corrected chi connectivity index (χ2v) is 23.6. The summed E-state index contributed by atoms with van der Waals surface area (Å²) < 4.78 is 11.6. The molecular formula is C74H80N10O8. The average Bonchev–Trinajstić information content (AvgIpc) is 1.65. The Hall–Kier alpha value is -10.0. The van der Waals surface area contributed by atoms with Crippen molar-refractivity contribution in [2.24, 2.45) is 0 Å². The fourth-order valence-corrected chi connectivity index (χ4v) is 12.6. The largest absolute Gasteiger partial charge is 0.481 e. The van der Waals surface area contributed by atoms with E-state index in [1.165, 1.54) is 0 Å². The van der Waals surface area contributed by atoms with E-state index in [1.54, 1.807) is 0 Å². The van der Waals surface area contributed by atoms with Crippen LogP contribution in [0.15, 0.2) is 80.9 Å². The lowest BCUT2D eigenvalue weighted by molar-refractivity contribution is -0.137. The fraction of sp³-hybridized carbons (Fsp3) is 0.297. The lowest BCUT2D eigenvalue weighted by Gasteiger charge is -2.09. The molecule has 16 bridgehead atoms. The summed E-state index contributed by atoms with van der Waals surface area (Å²) in [5.41, 5.74) is 27.3. The van der Waals surface area contributed by atoms with Gasteiger partial charge in [-0.25, -0.2) is 19.9 Å². The third-order valence-corrected chi connectivity index (χ3v) is 18.0. The molecule has 0 spiro atoms. The second kappa shape index (κ2) is 28.0. The number of aryl methyl sites for hydroxylation is 5. The Morgan fingerprint density at radius 3 is 1.22 bits per heavy atom. The average molecular weight is 1240 g/mol. The van der Waals surface area contributed by atoms with Crippen LogP contribution in [0, 0.1) is 27.7 Å². The molecule has 18 heteroatoms. The Bertz CT molecular complexity index is 4590. The van der Waals surface area contributed by atoms with Gasteiger partial charge in [0.2, 0.25) is 11.8 Å². The summed E-state index contributed by atoms with van der Waals surface area (Å²) in [6, 6.07) is 16.0. The van der Waals surface area contributed by atoms with Gasteiger partial charge in [-0.15, -0.1) is 0 Å². The molecule has 0 saturated carbocycles. The number of hydrogen-bond donors (Lipinski definition) is 8. The minimum Gasteiger partial charge on any atom is -0.481 e. The predicted molar refractivity (Wildman–Crippen MR) is 370 cm³/mol. The number of ether oxygens (including phenoxy) is 2. The third kappa shape index (κ3) is 13.7. The zero-order chi connectivity index (χ0) is 65.7. The van der Waals surface area contributed by atoms with Crippen molar-refractivity contribution < 1.29 is 38.9 Å². The number of hydrogen-bond acceptors (Lipinski definition) is 10. The maximum Gasteiger partial charge on any atom is 0.303 e. The van der Waals surface area contributed by atoms with Gasteiger partial charge in [-0.3, -0.25) is 19.2 Å². The molecule has 2 amide bonds. The van der Waals surface area contributed by atoms with Crippen molar-refractivity contribution >= 4 is 131 Å². The molecule has 18 nitrogen and oxygen atoms in total. The van der Waals surface area contributed by atoms with Gasteiger partial charge in [0.1, 0.15) is 0 Å². The third-order valence-electron chi connectivity index (χ3n) is 18.0. The monoisotopic (exact) mass is 1240 g/mol. The van der Waals surface area contributed by atoms with Crippen LogP contribution in [-0.2, 0) is 35.1 Å². The highest BCUT2D eigenvalue weighted by atomic mass is 16.5. The first-order valence-corrected chi connectivity index (χ1v) is 31.1. The molecule has 10 rings (SSSR count). The Morgan fingerprint density at radius 1 is 0.402 bits per heavy atom. The fourth-order valence-electron chi connectivity index (χ4n) is 12.6. The van der Waals surface area contributed by atoms with Gasteiger partial charge >= 0.3 is 11.9 Å². The number of carbonyl (C=O) groups excluding carboxylic acids is 2. The van der Waals surface area contributed by atoms with Gasteiger partial charge in [-0.2, -0.15) is 0 Å². The highest BCUT2D eigenvalue weighted by molar-refractivity contribution is 6.00. The van der Waals surface area contributed by atoms with Crippen LogP contribution in [0.25, 0.3) is 107 Å². The number of carbonyl (C=O) groups is 4. The molecule has 0 aliphatic carbocycles. The van der Waals surface area contributed by atoms with E-state index >= 15 is 0 Å². The zero-order valence-corrected chi connectivity index (χ0v) is 53.8. The van der Waals surface area contributed by atoms with Gasteiger partial charge in [0, 0.05) is 105 Å². The lowest BCUT2D eigenvalue weighted by Crippen LogP contribution is -2.28. The van der Waals surface area contributed by atoms with Gasteiger partial charge in [-0.05, 0) is 196 Å². The van der Waals surface area contributed by atoms with Crippen LogP contribution >= 0.6 is 0 Å². The molecule has 4 aliphatic rings. The Balaban J connectivity index is 0.758. The van der Waals surface area contributed by atoms with Crippen LogP contribution in [-0.4, -0.2) is 113 Å². The molecule has 8 N–H and O–H groups in total. The number of carboxylic acids is 2. The summed E-state index contributed by atoms with van der Waals surface area (Å²) in [7, 11) is 0. The van der Waals surface area contributed by atoms with Crippen molar-refractivity contribution in [3.63, 3.8) is 0 Å². The molecule has 6 aromatic rings. The number of nitrogens with one attached hydrogen (secondary N) is 6. The van der Waals surface area contributed by atoms with Crippen LogP contribution < -0.4 is 10.6 Å². The maximum atomic E-state index is 13.4. The van der Waals surface area contributed by atoms with Crippen LogP contribution in [0.2, 0.25) is 0 Å². The highest BCUT2D eigenvalue weighted by Crippen LogP contribution is 2.40. The van der Waals surface area contributed by atoms with Crippen LogP contribution in [0.4, 0.5) is 0 Å². The molecule has 6 aromatic heterocycles. The van der Waals surface area contributed by atoms with E-state index in [0.717, 1.165) is 156 Å². The molecule has 0 saturated heterocycles. The highest BCUT2D eigenvalue weighted by Gasteiger charge is 2.25. The molecular weight excluding hydrogens is 1160 g/mol. The van der Waals surface area contributed by atoms with Gasteiger partial charge < -0.3 is 50.3 Å². The molecule has 0 radical (unpaired) electrons. The van der Waals surface area contributed by atoms with Gasteiger partial charge in [0.05, 0.1) is 72.0 Å². The number of allylic oxidation sites excluding steroid dienone is 9. The molecule has 92 heavy (non-hydrogen) atoms. The summed E-state index contributed by atoms with van der Waals surface area (Å²) in [6.07, 6.45) is 8.94. The molecule has 0 atom stereocenters. The minimum absolute atomic E-state index is 0.0648. The van der Waals surface area contributed by atoms with E-state index in [-0.39, 0.29) is 76.8 Å². The summed E-state index contributed by atoms with van der Waals surface area (Å²) >= 11 is 0. The Morgan fingerprint density at radius 2 is 0.750 bits per heavy atom. The Kier molecular flexibility index (Phi) is 19.8. The normalized spacial score (nSPS) is 13.1. The second-order valence-electron chi connectivity index (χ2n) is 23.6. The number of amides is 2. The maximum absolute atomic E-state index is 13.4. The molecule has 474 valence electrons. The zero-order valence-electron chi connectivity index (χ0n) is 53.8. The van der Waals surface area contributed by atoms with Crippen LogP contribution in [0.3, 0.4) is 0 Å². The summed E-state index contributed by atoms with van der Waals surface area (Å²) in [4.78, 5) is 85.5. The lowest BCUT2D eigenvalue weighted by atomic mass is 9.98. The van der Waals surface area contributed by atoms with Crippen LogP contribution in [0.1, 0.15) is 163 Å². The number of aromatic amines is 4. The van der Waals surface area contributed by atoms with Crippen molar-refractivity contribution in [2.45, 2.75) is 107 Å². The minimum atomic E-state index is -0.904. The molecule has 10 heterocycles. The van der Waals surface area contributed by atoms with Crippen molar-refractivity contribution in [1.82, 2.24) is 50.5 Å². The van der Waals surface area contributed by atoms with Crippen LogP contribution in [0.5, 0.6) is 0 Å². The summed E-state index contributed by atoms with van der Waals surface area (Å²) in [6.45, 7) is 34.3. The van der Waals surface area contributed by atoms with Crippen molar-refractivity contribution in [2.75, 3.05) is 39.5 Å². The Labute approximate surface area is 534 Å². The van der Waals surface area contributed by atoms with E-state index in [0.29, 0.717) is 48.7 Å². The number of rotatable bonds is 25. The summed E-state index contributed by atoms with van der Waals surface area (Å²) in [5.74, 6) is -2.10. The molecule has 4 aliphatic heterocycles. The first-order chi connectivity index (χ1) is 44.2. The summed E-state index contributed by atoms with van der Waals surface area (Å²) in [5, 5.41) is 25.5. The topological polar surface area (TPSA) is 266 Å². The smallest absolute Gasteiger partial charge is 0.303 e. The number of carboxylic acid groups (broad SMARTS) is 2. The molecule has 0 aromatic carbocycles. The quantitative estimate of drug-likeness (QED) is 0.0249. The standard InChI is InChI=1S/C74H80N10O8/c1-13-47-39(5)55-31-57-45(11)53(19-23-73(87)88)69(81-57)37-67-51(43(9)61(83-67)35-65-49(15-3)41(7)59(79-65)33-63(47)77-55)17-21-71(85)75-25-27-91-29-30-92-28-26-76-72(86)22-18-52-44(10)62-36-66-50(16-4)42(8)60(80-66)34-64-48(14-2)40(6)56(78-64)32-58-46(12)54(20-24-74(89)90)70(82-58)38-68(52)84-62/h13-16,31-38,77,79-80,84H,1-4,17-30H2,5-12H3,(H,75,85)(H,76,86)(H,87,88)(H,89,90). The van der Waals surface area contributed by atoms with Crippen molar-refractivity contribution in [1.29, 1.82) is 0 Å². The van der Waals surface area contributed by atoms with Crippen molar-refractivity contribution in [3.05, 3.63) is 171 Å². The number of aromatic nitrogens is 8. The first kappa shape index (κ1) is 64.9. The van der Waals surface area contributed by atoms with Gasteiger partial charge in [0.15, 0.2) is 0 Å². The van der Waals surface area contributed by atoms with E-state index in [9.17, 15) is 29.4 Å². The van der Waals surface area contributed by atoms with Crippen molar-refractivity contribution in [3.8, 4) is 0 Å². The molecule has 0 unspecified atom stereocenters. The van der Waals surface area contributed by atoms with E-state index in [4.69, 9.17) is 29.4 Å². The van der Waals surface area contributed by atoms with E-state index in [2.05, 4.69) is 75.9 Å². The first-order valence-electron chi connectivity index (χ1n) is 31.1. The van der Waals surface area contributed by atoms with E-state index < -0.39 is 11.9 Å². The number of nitrogens with zero attached hydrogens (tertiary/aromatic N) is 4. The van der Waals surface area contributed by atoms with E-state index in [1.807, 2.05) is 109 Å². The number of aliphatic carboxylic acids is 2. The van der Waals surface area contributed by atoms with Gasteiger partial charge in [-0.1, -0.05) is 50.6 Å². The number of fused-ring (bicyclic) bond motifs is 16. The van der Waals surface area contributed by atoms with Gasteiger partial charge in [0.25, 0.3) is 0 Å². The SMILES string of the molecule is C=CC1=C(C)c2cc3nc(cc4[nH]c(cc5[nH]c(cc1n2)c(C)c5C=C)c(C)c4CCC(=O)NCCOCCOCCNC(=O)CCC1=C(C)c2cc4[nH]c(cc5[nH]c(cc6nc(cc1n2)C(CCC(=O)O)=C6C)c(C)c5C=C)c(C)c4C=C)C(CCC(=O)O)=C3C.